The second kappa shape index (κ2) is 7.26. The predicted molar refractivity (Wildman–Crippen MR) is 107 cm³/mol. The molecule has 1 aromatic heterocycles. The minimum atomic E-state index is -0.129. The van der Waals surface area contributed by atoms with Crippen LogP contribution in [0.4, 0.5) is 0 Å². The van der Waals surface area contributed by atoms with Gasteiger partial charge < -0.3 is 10.6 Å². The molecule has 3 aromatic rings. The van der Waals surface area contributed by atoms with Crippen molar-refractivity contribution in [2.75, 3.05) is 20.1 Å². The summed E-state index contributed by atoms with van der Waals surface area (Å²) in [5.74, 6) is -0.0118. The van der Waals surface area contributed by atoms with Gasteiger partial charge in [-0.3, -0.25) is 4.79 Å². The molecule has 4 nitrogen and oxygen atoms in total. The lowest BCUT2D eigenvalue weighted by Crippen LogP contribution is -2.39. The highest BCUT2D eigenvalue weighted by atomic mass is 16.2. The number of nitrogens with zero attached hydrogens (tertiary/aromatic N) is 2. The van der Waals surface area contributed by atoms with Crippen LogP contribution in [-0.2, 0) is 0 Å². The molecular formula is C22H25N3O. The van der Waals surface area contributed by atoms with Crippen molar-refractivity contribution >= 4 is 16.8 Å². The van der Waals surface area contributed by atoms with Gasteiger partial charge in [-0.15, -0.1) is 0 Å². The molecule has 0 aliphatic heterocycles. The van der Waals surface area contributed by atoms with Crippen molar-refractivity contribution < 1.29 is 4.79 Å². The quantitative estimate of drug-likeness (QED) is 0.760. The van der Waals surface area contributed by atoms with Crippen LogP contribution >= 0.6 is 0 Å². The Labute approximate surface area is 154 Å². The molecule has 3 rings (SSSR count). The van der Waals surface area contributed by atoms with Crippen molar-refractivity contribution in [1.29, 1.82) is 0 Å². The molecule has 0 saturated carbocycles. The van der Waals surface area contributed by atoms with Gasteiger partial charge >= 0.3 is 0 Å². The lowest BCUT2D eigenvalue weighted by molar-refractivity contribution is 0.0742. The first kappa shape index (κ1) is 18.1. The Morgan fingerprint density at radius 3 is 2.42 bits per heavy atom. The van der Waals surface area contributed by atoms with Gasteiger partial charge in [-0.25, -0.2) is 4.98 Å². The van der Waals surface area contributed by atoms with Crippen LogP contribution in [0.15, 0.2) is 60.7 Å². The summed E-state index contributed by atoms with van der Waals surface area (Å²) in [6, 6.07) is 19.6. The van der Waals surface area contributed by atoms with Crippen molar-refractivity contribution in [1.82, 2.24) is 9.88 Å². The monoisotopic (exact) mass is 347 g/mol. The Balaban J connectivity index is 2.08. The van der Waals surface area contributed by atoms with Gasteiger partial charge in [0.05, 0.1) is 16.8 Å². The van der Waals surface area contributed by atoms with Gasteiger partial charge in [-0.05, 0) is 24.1 Å². The third-order valence-corrected chi connectivity index (χ3v) is 4.58. The predicted octanol–water partition coefficient (Wildman–Crippen LogP) is 3.96. The third kappa shape index (κ3) is 3.75. The molecule has 26 heavy (non-hydrogen) atoms. The zero-order chi connectivity index (χ0) is 18.7. The molecule has 0 unspecified atom stereocenters. The van der Waals surface area contributed by atoms with Crippen molar-refractivity contribution in [3.05, 3.63) is 66.2 Å². The third-order valence-electron chi connectivity index (χ3n) is 4.58. The first-order valence-electron chi connectivity index (χ1n) is 8.82. The van der Waals surface area contributed by atoms with E-state index < -0.39 is 0 Å². The molecule has 0 saturated heterocycles. The SMILES string of the molecule is CN(CC(C)(C)CN)C(=O)c1cc(-c2ccccc2)nc2ccccc12. The number of hydrogen-bond donors (Lipinski definition) is 1. The molecule has 0 aliphatic rings. The number of aromatic nitrogens is 1. The van der Waals surface area contributed by atoms with Crippen molar-refractivity contribution in [3.63, 3.8) is 0 Å². The maximum absolute atomic E-state index is 13.2. The zero-order valence-corrected chi connectivity index (χ0v) is 15.6. The van der Waals surface area contributed by atoms with E-state index in [1.807, 2.05) is 67.7 Å². The van der Waals surface area contributed by atoms with Crippen LogP contribution in [0.3, 0.4) is 0 Å². The number of carbonyl (C=O) groups is 1. The average Bonchev–Trinajstić information content (AvgIpc) is 2.67. The van der Waals surface area contributed by atoms with Crippen LogP contribution in [0.25, 0.3) is 22.2 Å². The number of carbonyl (C=O) groups excluding carboxylic acids is 1. The Morgan fingerprint density at radius 1 is 1.08 bits per heavy atom. The van der Waals surface area contributed by atoms with Gasteiger partial charge in [0.25, 0.3) is 5.91 Å². The minimum absolute atomic E-state index is 0.0118. The van der Waals surface area contributed by atoms with Crippen LogP contribution in [0.5, 0.6) is 0 Å². The maximum Gasteiger partial charge on any atom is 0.254 e. The number of amides is 1. The van der Waals surface area contributed by atoms with Crippen molar-refractivity contribution in [3.8, 4) is 11.3 Å². The molecule has 0 fully saturated rings. The van der Waals surface area contributed by atoms with Gasteiger partial charge in [-0.2, -0.15) is 0 Å². The van der Waals surface area contributed by atoms with E-state index in [2.05, 4.69) is 13.8 Å². The topological polar surface area (TPSA) is 59.2 Å². The molecule has 4 heteroatoms. The molecule has 2 N–H and O–H groups in total. The Bertz CT molecular complexity index is 919. The minimum Gasteiger partial charge on any atom is -0.341 e. The summed E-state index contributed by atoms with van der Waals surface area (Å²) in [5.41, 5.74) is 9.00. The van der Waals surface area contributed by atoms with Crippen molar-refractivity contribution in [2.24, 2.45) is 11.1 Å². The molecule has 0 radical (unpaired) electrons. The second-order valence-corrected chi connectivity index (χ2v) is 7.47. The summed E-state index contributed by atoms with van der Waals surface area (Å²) < 4.78 is 0. The normalized spacial score (nSPS) is 11.5. The van der Waals surface area contributed by atoms with Crippen LogP contribution in [0, 0.1) is 5.41 Å². The Kier molecular flexibility index (Phi) is 5.05. The van der Waals surface area contributed by atoms with Crippen LogP contribution in [-0.4, -0.2) is 35.9 Å². The summed E-state index contributed by atoms with van der Waals surface area (Å²) in [6.45, 7) is 5.25. The first-order valence-corrected chi connectivity index (χ1v) is 8.82. The van der Waals surface area contributed by atoms with Crippen LogP contribution in [0.1, 0.15) is 24.2 Å². The molecule has 1 heterocycles. The summed E-state index contributed by atoms with van der Waals surface area (Å²) in [5, 5.41) is 0.870. The van der Waals surface area contributed by atoms with Crippen LogP contribution < -0.4 is 5.73 Å². The summed E-state index contributed by atoms with van der Waals surface area (Å²) in [4.78, 5) is 19.7. The van der Waals surface area contributed by atoms with Gasteiger partial charge in [-0.1, -0.05) is 62.4 Å². The number of fused-ring (bicyclic) bond motifs is 1. The molecule has 1 amide bonds. The average molecular weight is 347 g/mol. The number of nitrogens with two attached hydrogens (primary N) is 1. The fourth-order valence-corrected chi connectivity index (χ4v) is 3.09. The van der Waals surface area contributed by atoms with E-state index in [1.165, 1.54) is 0 Å². The van der Waals surface area contributed by atoms with E-state index in [0.717, 1.165) is 22.2 Å². The lowest BCUT2D eigenvalue weighted by atomic mass is 9.93. The van der Waals surface area contributed by atoms with Crippen LogP contribution in [0.2, 0.25) is 0 Å². The smallest absolute Gasteiger partial charge is 0.254 e. The fraction of sp³-hybridized carbons (Fsp3) is 0.273. The van der Waals surface area contributed by atoms with Gasteiger partial charge in [0.1, 0.15) is 0 Å². The number of benzene rings is 2. The maximum atomic E-state index is 13.2. The van der Waals surface area contributed by atoms with Gasteiger partial charge in [0, 0.05) is 24.5 Å². The van der Waals surface area contributed by atoms with Crippen molar-refractivity contribution in [2.45, 2.75) is 13.8 Å². The fourth-order valence-electron chi connectivity index (χ4n) is 3.09. The molecule has 0 aliphatic carbocycles. The number of pyridine rings is 1. The largest absolute Gasteiger partial charge is 0.341 e. The Morgan fingerprint density at radius 2 is 1.73 bits per heavy atom. The number of para-hydroxylation sites is 1. The Hall–Kier alpha value is -2.72. The van der Waals surface area contributed by atoms with E-state index >= 15 is 0 Å². The highest BCUT2D eigenvalue weighted by Gasteiger charge is 2.23. The second-order valence-electron chi connectivity index (χ2n) is 7.47. The highest BCUT2D eigenvalue weighted by molar-refractivity contribution is 6.07. The molecule has 0 bridgehead atoms. The van der Waals surface area contributed by atoms with E-state index in [0.29, 0.717) is 18.7 Å². The molecule has 0 spiro atoms. The molecule has 2 aromatic carbocycles. The molecule has 134 valence electrons. The summed E-state index contributed by atoms with van der Waals surface area (Å²) in [6.07, 6.45) is 0. The first-order chi connectivity index (χ1) is 12.4. The van der Waals surface area contributed by atoms with E-state index in [4.69, 9.17) is 10.7 Å². The number of hydrogen-bond acceptors (Lipinski definition) is 3. The van der Waals surface area contributed by atoms with E-state index in [9.17, 15) is 4.79 Å². The van der Waals surface area contributed by atoms with E-state index in [1.54, 1.807) is 4.90 Å². The molecular weight excluding hydrogens is 322 g/mol. The summed E-state index contributed by atoms with van der Waals surface area (Å²) >= 11 is 0. The lowest BCUT2D eigenvalue weighted by Gasteiger charge is -2.29. The zero-order valence-electron chi connectivity index (χ0n) is 15.6. The van der Waals surface area contributed by atoms with Gasteiger partial charge in [0.15, 0.2) is 0 Å². The summed E-state index contributed by atoms with van der Waals surface area (Å²) in [7, 11) is 1.83. The molecule has 0 atom stereocenters. The number of rotatable bonds is 5. The van der Waals surface area contributed by atoms with E-state index in [-0.39, 0.29) is 11.3 Å². The van der Waals surface area contributed by atoms with Gasteiger partial charge in [0.2, 0.25) is 0 Å². The highest BCUT2D eigenvalue weighted by Crippen LogP contribution is 2.26. The standard InChI is InChI=1S/C22H25N3O/c1-22(2,14-23)15-25(3)21(26)18-13-20(16-9-5-4-6-10-16)24-19-12-8-7-11-17(18)19/h4-13H,14-15,23H2,1-3H3.